The van der Waals surface area contributed by atoms with Crippen LogP contribution < -0.4 is 20.7 Å². The smallest absolute Gasteiger partial charge is 0.251 e. The van der Waals surface area contributed by atoms with E-state index in [9.17, 15) is 9.59 Å². The predicted molar refractivity (Wildman–Crippen MR) is 115 cm³/mol. The fourth-order valence-corrected chi connectivity index (χ4v) is 2.44. The van der Waals surface area contributed by atoms with Gasteiger partial charge in [0.25, 0.3) is 5.91 Å². The van der Waals surface area contributed by atoms with Crippen molar-refractivity contribution in [2.45, 2.75) is 6.42 Å². The number of carbonyl (C=O) groups excluding carboxylic acids is 2. The van der Waals surface area contributed by atoms with Gasteiger partial charge in [-0.25, -0.2) is 0 Å². The maximum Gasteiger partial charge on any atom is 0.251 e. The van der Waals surface area contributed by atoms with Gasteiger partial charge in [-0.3, -0.25) is 9.59 Å². The highest BCUT2D eigenvalue weighted by molar-refractivity contribution is 5.95. The minimum Gasteiger partial charge on any atom is -0.490 e. The minimum atomic E-state index is -0.176. The van der Waals surface area contributed by atoms with E-state index in [0.717, 1.165) is 12.1 Å². The van der Waals surface area contributed by atoms with Crippen LogP contribution in [-0.4, -0.2) is 45.2 Å². The van der Waals surface area contributed by atoms with Crippen molar-refractivity contribution in [1.82, 2.24) is 5.32 Å². The number of methoxy groups -OCH3 is 1. The number of hydrogen-bond donors (Lipinski definition) is 3. The van der Waals surface area contributed by atoms with Gasteiger partial charge in [0.05, 0.1) is 6.54 Å². The van der Waals surface area contributed by atoms with Crippen molar-refractivity contribution in [1.29, 1.82) is 0 Å². The first-order valence-electron chi connectivity index (χ1n) is 9.37. The van der Waals surface area contributed by atoms with Crippen LogP contribution in [0.2, 0.25) is 0 Å². The van der Waals surface area contributed by atoms with Crippen molar-refractivity contribution in [3.05, 3.63) is 66.7 Å². The van der Waals surface area contributed by atoms with Crippen LogP contribution >= 0.6 is 0 Å². The van der Waals surface area contributed by atoms with Crippen LogP contribution in [0.4, 0.5) is 11.4 Å². The van der Waals surface area contributed by atoms with Crippen LogP contribution in [0, 0.1) is 0 Å². The molecule has 3 N–H and O–H groups in total. The van der Waals surface area contributed by atoms with Gasteiger partial charge in [-0.2, -0.15) is 0 Å². The Labute approximate surface area is 171 Å². The maximum atomic E-state index is 12.1. The molecule has 0 aliphatic carbocycles. The van der Waals surface area contributed by atoms with Gasteiger partial charge in [-0.15, -0.1) is 0 Å². The number of carbonyl (C=O) groups is 2. The topological polar surface area (TPSA) is 88.7 Å². The van der Waals surface area contributed by atoms with Gasteiger partial charge >= 0.3 is 0 Å². The second kappa shape index (κ2) is 12.2. The number of amides is 2. The zero-order valence-electron chi connectivity index (χ0n) is 16.6. The van der Waals surface area contributed by atoms with Crippen molar-refractivity contribution >= 4 is 23.2 Å². The molecule has 7 heteroatoms. The van der Waals surface area contributed by atoms with E-state index in [4.69, 9.17) is 9.47 Å². The number of nitrogens with one attached hydrogen (secondary N) is 3. The number of benzene rings is 2. The number of rotatable bonds is 12. The molecule has 29 heavy (non-hydrogen) atoms. The third-order valence-electron chi connectivity index (χ3n) is 3.92. The average Bonchev–Trinajstić information content (AvgIpc) is 2.75. The van der Waals surface area contributed by atoms with E-state index >= 15 is 0 Å². The molecule has 0 aromatic heterocycles. The highest BCUT2D eigenvalue weighted by Crippen LogP contribution is 2.16. The summed E-state index contributed by atoms with van der Waals surface area (Å²) in [5, 5.41) is 8.67. The van der Waals surface area contributed by atoms with Crippen LogP contribution in [0.15, 0.2) is 61.2 Å². The zero-order chi connectivity index (χ0) is 20.9. The molecule has 2 aromatic carbocycles. The molecule has 7 nitrogen and oxygen atoms in total. The van der Waals surface area contributed by atoms with Gasteiger partial charge in [0.1, 0.15) is 12.4 Å². The molecule has 0 atom stereocenters. The number of hydrogen-bond acceptors (Lipinski definition) is 5. The summed E-state index contributed by atoms with van der Waals surface area (Å²) >= 11 is 0. The lowest BCUT2D eigenvalue weighted by atomic mass is 10.2. The Morgan fingerprint density at radius 3 is 2.38 bits per heavy atom. The molecule has 0 radical (unpaired) electrons. The quantitative estimate of drug-likeness (QED) is 0.378. The maximum absolute atomic E-state index is 12.1. The van der Waals surface area contributed by atoms with Gasteiger partial charge in [0.15, 0.2) is 0 Å². The molecule has 2 amide bonds. The Morgan fingerprint density at radius 2 is 1.72 bits per heavy atom. The average molecular weight is 397 g/mol. The van der Waals surface area contributed by atoms with Crippen LogP contribution in [-0.2, 0) is 9.53 Å². The molecule has 154 valence electrons. The summed E-state index contributed by atoms with van der Waals surface area (Å²) in [7, 11) is 1.63. The summed E-state index contributed by atoms with van der Waals surface area (Å²) in [6.07, 6.45) is 2.44. The van der Waals surface area contributed by atoms with E-state index in [0.29, 0.717) is 36.8 Å². The Kier molecular flexibility index (Phi) is 9.24. The molecule has 0 aliphatic heterocycles. The molecule has 2 rings (SSSR count). The van der Waals surface area contributed by atoms with Crippen molar-refractivity contribution in [3.8, 4) is 5.75 Å². The Bertz CT molecular complexity index is 789. The highest BCUT2D eigenvalue weighted by Gasteiger charge is 2.06. The van der Waals surface area contributed by atoms with Crippen LogP contribution in [0.3, 0.4) is 0 Å². The molecular formula is C22H27N3O4. The lowest BCUT2D eigenvalue weighted by Gasteiger charge is -2.10. The first kappa shape index (κ1) is 22.0. The summed E-state index contributed by atoms with van der Waals surface area (Å²) < 4.78 is 10.3. The molecule has 0 unspecified atom stereocenters. The second-order valence-corrected chi connectivity index (χ2v) is 6.21. The van der Waals surface area contributed by atoms with E-state index in [1.165, 1.54) is 0 Å². The third-order valence-corrected chi connectivity index (χ3v) is 3.92. The van der Waals surface area contributed by atoms with E-state index in [1.807, 2.05) is 0 Å². The molecule has 0 spiro atoms. The first-order chi connectivity index (χ1) is 14.1. The Morgan fingerprint density at radius 1 is 1.03 bits per heavy atom. The van der Waals surface area contributed by atoms with Gasteiger partial charge in [0.2, 0.25) is 5.91 Å². The predicted octanol–water partition coefficient (Wildman–Crippen LogP) is 3.07. The van der Waals surface area contributed by atoms with Gasteiger partial charge in [-0.05, 0) is 55.0 Å². The molecule has 0 saturated heterocycles. The van der Waals surface area contributed by atoms with Crippen LogP contribution in [0.5, 0.6) is 5.75 Å². The van der Waals surface area contributed by atoms with Crippen LogP contribution in [0.1, 0.15) is 16.8 Å². The largest absolute Gasteiger partial charge is 0.490 e. The molecular weight excluding hydrogens is 370 g/mol. The van der Waals surface area contributed by atoms with E-state index in [1.54, 1.807) is 61.7 Å². The summed E-state index contributed by atoms with van der Waals surface area (Å²) in [6.45, 7) is 5.31. The lowest BCUT2D eigenvalue weighted by molar-refractivity contribution is -0.114. The molecule has 2 aromatic rings. The fraction of sp³-hybridized carbons (Fsp3) is 0.273. The summed E-state index contributed by atoms with van der Waals surface area (Å²) in [4.78, 5) is 24.1. The molecule has 0 aliphatic rings. The van der Waals surface area contributed by atoms with Gasteiger partial charge in [-0.1, -0.05) is 12.7 Å². The molecule has 0 saturated carbocycles. The number of anilines is 2. The van der Waals surface area contributed by atoms with E-state index in [-0.39, 0.29) is 18.4 Å². The second-order valence-electron chi connectivity index (χ2n) is 6.21. The van der Waals surface area contributed by atoms with Crippen molar-refractivity contribution in [2.24, 2.45) is 0 Å². The normalized spacial score (nSPS) is 10.1. The van der Waals surface area contributed by atoms with Gasteiger partial charge < -0.3 is 25.4 Å². The SMILES string of the molecule is C=CCOc1ccc(NC(=O)CNc2ccc(C(=O)NCCCOC)cc2)cc1. The Balaban J connectivity index is 1.75. The monoisotopic (exact) mass is 397 g/mol. The van der Waals surface area contributed by atoms with Crippen molar-refractivity contribution in [3.63, 3.8) is 0 Å². The molecule has 0 heterocycles. The van der Waals surface area contributed by atoms with E-state index in [2.05, 4.69) is 22.5 Å². The summed E-state index contributed by atoms with van der Waals surface area (Å²) in [5.41, 5.74) is 2.00. The Hall–Kier alpha value is -3.32. The first-order valence-corrected chi connectivity index (χ1v) is 9.37. The van der Waals surface area contributed by atoms with Crippen LogP contribution in [0.25, 0.3) is 0 Å². The summed E-state index contributed by atoms with van der Waals surface area (Å²) in [6, 6.07) is 14.1. The lowest BCUT2D eigenvalue weighted by Crippen LogP contribution is -2.25. The van der Waals surface area contributed by atoms with Crippen molar-refractivity contribution < 1.29 is 19.1 Å². The third kappa shape index (κ3) is 8.06. The fourth-order valence-electron chi connectivity index (χ4n) is 2.44. The standard InChI is InChI=1S/C22H27N3O4/c1-3-14-29-20-11-9-19(10-12-20)25-21(26)16-24-18-7-5-17(6-8-18)22(27)23-13-4-15-28-2/h3,5-12,24H,1,4,13-16H2,2H3,(H,23,27)(H,25,26). The molecule has 0 bridgehead atoms. The molecule has 0 fully saturated rings. The minimum absolute atomic E-state index is 0.108. The summed E-state index contributed by atoms with van der Waals surface area (Å²) in [5.74, 6) is 0.402. The van der Waals surface area contributed by atoms with Gasteiger partial charge in [0, 0.05) is 37.2 Å². The highest BCUT2D eigenvalue weighted by atomic mass is 16.5. The number of ether oxygens (including phenoxy) is 2. The zero-order valence-corrected chi connectivity index (χ0v) is 16.6. The van der Waals surface area contributed by atoms with E-state index < -0.39 is 0 Å². The van der Waals surface area contributed by atoms with Crippen molar-refractivity contribution in [2.75, 3.05) is 44.0 Å².